The normalized spacial score (nSPS) is 30.8. The number of nitrogens with one attached hydrogen (secondary N) is 1. The third kappa shape index (κ3) is 4.46. The van der Waals surface area contributed by atoms with Gasteiger partial charge in [-0.1, -0.05) is 34.1 Å². The minimum absolute atomic E-state index is 0.372. The zero-order valence-electron chi connectivity index (χ0n) is 13.7. The first-order chi connectivity index (χ1) is 8.85. The van der Waals surface area contributed by atoms with Crippen LogP contribution in [0.15, 0.2) is 0 Å². The van der Waals surface area contributed by atoms with Crippen molar-refractivity contribution in [2.75, 3.05) is 26.7 Å². The fraction of sp³-hybridized carbons (Fsp3) is 1.00. The maximum atomic E-state index is 3.59. The number of nitrogens with zero attached hydrogens (tertiary/aromatic N) is 1. The predicted molar refractivity (Wildman–Crippen MR) is 83.4 cm³/mol. The lowest BCUT2D eigenvalue weighted by Crippen LogP contribution is -2.42. The molecule has 2 rings (SSSR count). The molecule has 112 valence electrons. The topological polar surface area (TPSA) is 15.3 Å². The molecule has 0 aliphatic heterocycles. The molecule has 2 saturated carbocycles. The minimum Gasteiger partial charge on any atom is -0.314 e. The predicted octanol–water partition coefficient (Wildman–Crippen LogP) is 3.38. The Morgan fingerprint density at radius 2 is 1.95 bits per heavy atom. The average Bonchev–Trinajstić information content (AvgIpc) is 2.87. The van der Waals surface area contributed by atoms with Crippen molar-refractivity contribution in [1.29, 1.82) is 0 Å². The molecule has 2 bridgehead atoms. The van der Waals surface area contributed by atoms with E-state index >= 15 is 0 Å². The summed E-state index contributed by atoms with van der Waals surface area (Å²) in [7, 11) is 2.32. The van der Waals surface area contributed by atoms with Crippen molar-refractivity contribution in [3.05, 3.63) is 0 Å². The maximum absolute atomic E-state index is 3.59. The molecule has 0 aromatic heterocycles. The number of hydrogen-bond donors (Lipinski definition) is 1. The highest BCUT2D eigenvalue weighted by molar-refractivity contribution is 4.91. The van der Waals surface area contributed by atoms with E-state index in [1.54, 1.807) is 0 Å². The second kappa shape index (κ2) is 6.13. The van der Waals surface area contributed by atoms with Crippen molar-refractivity contribution >= 4 is 0 Å². The largest absolute Gasteiger partial charge is 0.314 e. The summed E-state index contributed by atoms with van der Waals surface area (Å²) in [6, 6.07) is 0.593. The third-order valence-corrected chi connectivity index (χ3v) is 5.12. The lowest BCUT2D eigenvalue weighted by molar-refractivity contribution is 0.158. The van der Waals surface area contributed by atoms with E-state index in [-0.39, 0.29) is 0 Å². The second-order valence-corrected chi connectivity index (χ2v) is 8.33. The fourth-order valence-electron chi connectivity index (χ4n) is 4.33. The number of hydrogen-bond acceptors (Lipinski definition) is 2. The van der Waals surface area contributed by atoms with Crippen molar-refractivity contribution in [2.24, 2.45) is 23.2 Å². The molecule has 0 heterocycles. The van der Waals surface area contributed by atoms with Gasteiger partial charge < -0.3 is 10.2 Å². The van der Waals surface area contributed by atoms with Crippen LogP contribution in [-0.4, -0.2) is 37.6 Å². The van der Waals surface area contributed by atoms with Crippen molar-refractivity contribution in [2.45, 2.75) is 59.4 Å². The van der Waals surface area contributed by atoms with Crippen LogP contribution in [0.5, 0.6) is 0 Å². The summed E-state index contributed by atoms with van der Waals surface area (Å²) in [6.45, 7) is 12.9. The summed E-state index contributed by atoms with van der Waals surface area (Å²) >= 11 is 0. The fourth-order valence-corrected chi connectivity index (χ4v) is 4.33. The summed E-state index contributed by atoms with van der Waals surface area (Å²) in [6.07, 6.45) is 6.09. The molecule has 2 aliphatic carbocycles. The molecule has 0 radical (unpaired) electrons. The Morgan fingerprint density at radius 1 is 1.21 bits per heavy atom. The minimum atomic E-state index is 0.372. The first-order valence-corrected chi connectivity index (χ1v) is 8.27. The summed E-state index contributed by atoms with van der Waals surface area (Å²) in [5.41, 5.74) is 0.372. The van der Waals surface area contributed by atoms with Crippen molar-refractivity contribution in [1.82, 2.24) is 10.2 Å². The van der Waals surface area contributed by atoms with Gasteiger partial charge >= 0.3 is 0 Å². The molecule has 0 aromatic carbocycles. The lowest BCUT2D eigenvalue weighted by Gasteiger charge is -2.34. The lowest BCUT2D eigenvalue weighted by atomic mass is 9.87. The summed E-state index contributed by atoms with van der Waals surface area (Å²) in [5.74, 6) is 3.14. The van der Waals surface area contributed by atoms with Gasteiger partial charge in [-0.2, -0.15) is 0 Å². The molecule has 0 aromatic rings. The molecule has 2 nitrogen and oxygen atoms in total. The van der Waals surface area contributed by atoms with Gasteiger partial charge in [0.25, 0.3) is 0 Å². The van der Waals surface area contributed by atoms with Gasteiger partial charge in [0.2, 0.25) is 0 Å². The van der Waals surface area contributed by atoms with Crippen LogP contribution < -0.4 is 5.32 Å². The molecule has 0 saturated heterocycles. The molecule has 0 amide bonds. The Labute approximate surface area is 120 Å². The maximum Gasteiger partial charge on any atom is 0.00419 e. The third-order valence-electron chi connectivity index (χ3n) is 5.12. The molecule has 2 aliphatic rings. The summed E-state index contributed by atoms with van der Waals surface area (Å²) in [5, 5.41) is 3.59. The quantitative estimate of drug-likeness (QED) is 0.760. The second-order valence-electron chi connectivity index (χ2n) is 8.33. The highest BCUT2D eigenvalue weighted by Gasteiger charge is 2.39. The molecule has 2 heteroatoms. The van der Waals surface area contributed by atoms with E-state index in [0.717, 1.165) is 24.3 Å². The van der Waals surface area contributed by atoms with E-state index in [1.807, 2.05) is 0 Å². The molecule has 2 fully saturated rings. The molecule has 1 N–H and O–H groups in total. The Hall–Kier alpha value is -0.0800. The van der Waals surface area contributed by atoms with E-state index in [9.17, 15) is 0 Å². The molecule has 3 atom stereocenters. The zero-order valence-corrected chi connectivity index (χ0v) is 13.7. The van der Waals surface area contributed by atoms with E-state index in [1.165, 1.54) is 38.8 Å². The Kier molecular flexibility index (Phi) is 4.94. The summed E-state index contributed by atoms with van der Waals surface area (Å²) in [4.78, 5) is 2.59. The SMILES string of the molecule is CC(C)NCC(C)(C)CN(C)CC1CC2CCC1C2. The van der Waals surface area contributed by atoms with Crippen LogP contribution in [0.1, 0.15) is 53.4 Å². The van der Waals surface area contributed by atoms with Gasteiger partial charge in [-0.15, -0.1) is 0 Å². The van der Waals surface area contributed by atoms with Crippen LogP contribution >= 0.6 is 0 Å². The first-order valence-electron chi connectivity index (χ1n) is 8.27. The molecule has 19 heavy (non-hydrogen) atoms. The van der Waals surface area contributed by atoms with Gasteiger partial charge in [-0.3, -0.25) is 0 Å². The highest BCUT2D eigenvalue weighted by atomic mass is 15.1. The molecule has 3 unspecified atom stereocenters. The standard InChI is InChI=1S/C17H34N2/c1-13(2)18-11-17(3,4)12-19(5)10-16-9-14-6-7-15(16)8-14/h13-16,18H,6-12H2,1-5H3. The molecular formula is C17H34N2. The molecule has 0 spiro atoms. The van der Waals surface area contributed by atoms with Gasteiger partial charge in [0, 0.05) is 25.7 Å². The van der Waals surface area contributed by atoms with Crippen molar-refractivity contribution in [3.8, 4) is 0 Å². The number of fused-ring (bicyclic) bond motifs is 2. The Balaban J connectivity index is 1.72. The van der Waals surface area contributed by atoms with Crippen LogP contribution in [0.3, 0.4) is 0 Å². The van der Waals surface area contributed by atoms with Gasteiger partial charge in [0.05, 0.1) is 0 Å². The van der Waals surface area contributed by atoms with Crippen LogP contribution in [0.2, 0.25) is 0 Å². The monoisotopic (exact) mass is 266 g/mol. The summed E-state index contributed by atoms with van der Waals surface area (Å²) < 4.78 is 0. The zero-order chi connectivity index (χ0) is 14.0. The van der Waals surface area contributed by atoms with Gasteiger partial charge in [-0.05, 0) is 49.5 Å². The Morgan fingerprint density at radius 3 is 2.47 bits per heavy atom. The Bertz CT molecular complexity index is 285. The highest BCUT2D eigenvalue weighted by Crippen LogP contribution is 2.48. The van der Waals surface area contributed by atoms with Crippen LogP contribution in [0.4, 0.5) is 0 Å². The number of rotatable bonds is 7. The van der Waals surface area contributed by atoms with Crippen molar-refractivity contribution < 1.29 is 0 Å². The molecular weight excluding hydrogens is 232 g/mol. The van der Waals surface area contributed by atoms with Gasteiger partial charge in [0.1, 0.15) is 0 Å². The van der Waals surface area contributed by atoms with Gasteiger partial charge in [-0.25, -0.2) is 0 Å². The average molecular weight is 266 g/mol. The van der Waals surface area contributed by atoms with E-state index in [0.29, 0.717) is 11.5 Å². The van der Waals surface area contributed by atoms with E-state index < -0.39 is 0 Å². The smallest absolute Gasteiger partial charge is 0.00419 e. The van der Waals surface area contributed by atoms with Crippen LogP contribution in [0.25, 0.3) is 0 Å². The van der Waals surface area contributed by atoms with Gasteiger partial charge in [0.15, 0.2) is 0 Å². The van der Waals surface area contributed by atoms with Crippen LogP contribution in [0, 0.1) is 23.2 Å². The van der Waals surface area contributed by atoms with E-state index in [4.69, 9.17) is 0 Å². The van der Waals surface area contributed by atoms with Crippen molar-refractivity contribution in [3.63, 3.8) is 0 Å². The van der Waals surface area contributed by atoms with Crippen LogP contribution in [-0.2, 0) is 0 Å². The first kappa shape index (κ1) is 15.3. The van der Waals surface area contributed by atoms with E-state index in [2.05, 4.69) is 45.0 Å².